The second-order valence-electron chi connectivity index (χ2n) is 8.52. The van der Waals surface area contributed by atoms with E-state index in [1.807, 2.05) is 18.2 Å². The number of nitrogens with zero attached hydrogens (tertiary/aromatic N) is 4. The molecule has 0 radical (unpaired) electrons. The highest BCUT2D eigenvalue weighted by atomic mass is 16.5. The van der Waals surface area contributed by atoms with Crippen molar-refractivity contribution >= 4 is 5.91 Å². The summed E-state index contributed by atoms with van der Waals surface area (Å²) in [7, 11) is 1.85. The van der Waals surface area contributed by atoms with Crippen LogP contribution in [-0.2, 0) is 9.53 Å². The summed E-state index contributed by atoms with van der Waals surface area (Å²) in [5.41, 5.74) is 1.22. The number of carbonyl (C=O) groups excluding carboxylic acids is 1. The van der Waals surface area contributed by atoms with E-state index in [2.05, 4.69) is 27.8 Å². The standard InChI is InChI=1S/C20H32N4O2/c1-14-10-21-24(11-14)19-8-16-12-23(13-17(16)9-20(19)26-3)18-4-6-22(7-5-18)15(2)25/h10-11,16-20H,4-9,12-13H2,1-3H3/t16-,17+,19-,20-/m0/s1. The van der Waals surface area contributed by atoms with Gasteiger partial charge in [0, 0.05) is 52.5 Å². The van der Waals surface area contributed by atoms with Gasteiger partial charge in [0.15, 0.2) is 0 Å². The summed E-state index contributed by atoms with van der Waals surface area (Å²) in [5.74, 6) is 1.69. The topological polar surface area (TPSA) is 50.6 Å². The SMILES string of the molecule is CO[C@H]1C[C@@H]2CN(C3CCN(C(C)=O)CC3)C[C@@H]2C[C@@H]1n1cc(C)cn1. The summed E-state index contributed by atoms with van der Waals surface area (Å²) in [6, 6.07) is 0.997. The summed E-state index contributed by atoms with van der Waals surface area (Å²) in [5, 5.41) is 4.57. The second-order valence-corrected chi connectivity index (χ2v) is 8.52. The molecule has 6 nitrogen and oxygen atoms in total. The van der Waals surface area contributed by atoms with Gasteiger partial charge in [0.05, 0.1) is 18.3 Å². The van der Waals surface area contributed by atoms with E-state index < -0.39 is 0 Å². The van der Waals surface area contributed by atoms with Crippen LogP contribution in [0.4, 0.5) is 0 Å². The molecule has 4 atom stereocenters. The quantitative estimate of drug-likeness (QED) is 0.828. The van der Waals surface area contributed by atoms with Gasteiger partial charge in [-0.15, -0.1) is 0 Å². The minimum absolute atomic E-state index is 0.221. The number of aryl methyl sites for hydroxylation is 1. The Morgan fingerprint density at radius 3 is 2.46 bits per heavy atom. The fourth-order valence-electron chi connectivity index (χ4n) is 5.42. The van der Waals surface area contributed by atoms with Crippen LogP contribution in [0.1, 0.15) is 44.2 Å². The summed E-state index contributed by atoms with van der Waals surface area (Å²) >= 11 is 0. The van der Waals surface area contributed by atoms with Gasteiger partial charge in [-0.1, -0.05) is 0 Å². The Balaban J connectivity index is 1.40. The number of likely N-dealkylation sites (tertiary alicyclic amines) is 2. The Hall–Kier alpha value is -1.40. The van der Waals surface area contributed by atoms with Crippen LogP contribution in [0, 0.1) is 18.8 Å². The van der Waals surface area contributed by atoms with Crippen LogP contribution in [0.3, 0.4) is 0 Å². The predicted molar refractivity (Wildman–Crippen MR) is 99.9 cm³/mol. The van der Waals surface area contributed by atoms with E-state index in [0.29, 0.717) is 12.1 Å². The number of rotatable bonds is 3. The molecule has 0 aromatic carbocycles. The van der Waals surface area contributed by atoms with Crippen molar-refractivity contribution in [3.63, 3.8) is 0 Å². The van der Waals surface area contributed by atoms with E-state index in [-0.39, 0.29) is 12.0 Å². The third-order valence-corrected chi connectivity index (χ3v) is 6.91. The van der Waals surface area contributed by atoms with Crippen molar-refractivity contribution in [2.24, 2.45) is 11.8 Å². The number of aromatic nitrogens is 2. The molecule has 2 saturated heterocycles. The van der Waals surface area contributed by atoms with Crippen LogP contribution in [0.25, 0.3) is 0 Å². The highest BCUT2D eigenvalue weighted by molar-refractivity contribution is 5.73. The van der Waals surface area contributed by atoms with Crippen LogP contribution in [0.2, 0.25) is 0 Å². The van der Waals surface area contributed by atoms with Gasteiger partial charge in [0.25, 0.3) is 0 Å². The minimum atomic E-state index is 0.221. The van der Waals surface area contributed by atoms with Crippen molar-refractivity contribution in [3.05, 3.63) is 18.0 Å². The third-order valence-electron chi connectivity index (χ3n) is 6.91. The van der Waals surface area contributed by atoms with Crippen molar-refractivity contribution in [2.75, 3.05) is 33.3 Å². The smallest absolute Gasteiger partial charge is 0.219 e. The number of methoxy groups -OCH3 is 1. The van der Waals surface area contributed by atoms with Gasteiger partial charge >= 0.3 is 0 Å². The first-order valence-corrected chi connectivity index (χ1v) is 10.1. The van der Waals surface area contributed by atoms with E-state index in [0.717, 1.165) is 50.6 Å². The second kappa shape index (κ2) is 7.31. The first-order valence-electron chi connectivity index (χ1n) is 10.1. The average molecular weight is 361 g/mol. The molecule has 3 fully saturated rings. The molecule has 1 aromatic heterocycles. The molecule has 3 aliphatic rings. The van der Waals surface area contributed by atoms with E-state index in [4.69, 9.17) is 4.74 Å². The van der Waals surface area contributed by atoms with Crippen molar-refractivity contribution in [2.45, 2.75) is 57.7 Å². The Bertz CT molecular complexity index is 638. The number of carbonyl (C=O) groups is 1. The molecule has 1 saturated carbocycles. The van der Waals surface area contributed by atoms with E-state index >= 15 is 0 Å². The lowest BCUT2D eigenvalue weighted by Gasteiger charge is -2.37. The molecule has 1 aromatic rings. The van der Waals surface area contributed by atoms with E-state index in [1.165, 1.54) is 18.7 Å². The number of hydrogen-bond acceptors (Lipinski definition) is 4. The molecule has 0 unspecified atom stereocenters. The highest BCUT2D eigenvalue weighted by Gasteiger charge is 2.45. The molecule has 26 heavy (non-hydrogen) atoms. The van der Waals surface area contributed by atoms with Gasteiger partial charge in [0.1, 0.15) is 0 Å². The fourth-order valence-corrected chi connectivity index (χ4v) is 5.42. The molecule has 1 amide bonds. The zero-order valence-corrected chi connectivity index (χ0v) is 16.3. The van der Waals surface area contributed by atoms with Crippen molar-refractivity contribution in [3.8, 4) is 0 Å². The fraction of sp³-hybridized carbons (Fsp3) is 0.800. The summed E-state index contributed by atoms with van der Waals surface area (Å²) in [4.78, 5) is 16.3. The summed E-state index contributed by atoms with van der Waals surface area (Å²) in [6.07, 6.45) is 8.89. The van der Waals surface area contributed by atoms with Gasteiger partial charge in [-0.25, -0.2) is 0 Å². The van der Waals surface area contributed by atoms with Gasteiger partial charge in [-0.05, 0) is 50.0 Å². The number of hydrogen-bond donors (Lipinski definition) is 0. The lowest BCUT2D eigenvalue weighted by molar-refractivity contribution is -0.130. The molecular weight excluding hydrogens is 328 g/mol. The van der Waals surface area contributed by atoms with E-state index in [1.54, 1.807) is 6.92 Å². The largest absolute Gasteiger partial charge is 0.379 e. The molecule has 1 aliphatic carbocycles. The van der Waals surface area contributed by atoms with Crippen LogP contribution >= 0.6 is 0 Å². The first kappa shape index (κ1) is 18.0. The molecule has 0 spiro atoms. The van der Waals surface area contributed by atoms with Crippen molar-refractivity contribution in [1.82, 2.24) is 19.6 Å². The van der Waals surface area contributed by atoms with Gasteiger partial charge in [-0.3, -0.25) is 14.4 Å². The number of amides is 1. The predicted octanol–water partition coefficient (Wildman–Crippen LogP) is 2.10. The highest BCUT2D eigenvalue weighted by Crippen LogP contribution is 2.43. The summed E-state index contributed by atoms with van der Waals surface area (Å²) < 4.78 is 8.01. The zero-order chi connectivity index (χ0) is 18.3. The molecular formula is C20H32N4O2. The maximum absolute atomic E-state index is 11.6. The van der Waals surface area contributed by atoms with Gasteiger partial charge < -0.3 is 9.64 Å². The average Bonchev–Trinajstić information content (AvgIpc) is 3.26. The third kappa shape index (κ3) is 3.41. The van der Waals surface area contributed by atoms with Crippen LogP contribution < -0.4 is 0 Å². The van der Waals surface area contributed by atoms with Crippen molar-refractivity contribution < 1.29 is 9.53 Å². The van der Waals surface area contributed by atoms with Crippen molar-refractivity contribution in [1.29, 1.82) is 0 Å². The lowest BCUT2D eigenvalue weighted by atomic mass is 9.77. The minimum Gasteiger partial charge on any atom is -0.379 e. The number of piperidine rings is 1. The molecule has 0 N–H and O–H groups in total. The molecule has 0 bridgehead atoms. The van der Waals surface area contributed by atoms with Crippen LogP contribution in [-0.4, -0.2) is 70.9 Å². The Morgan fingerprint density at radius 1 is 1.19 bits per heavy atom. The Morgan fingerprint density at radius 2 is 1.88 bits per heavy atom. The van der Waals surface area contributed by atoms with Crippen LogP contribution in [0.15, 0.2) is 12.4 Å². The summed E-state index contributed by atoms with van der Waals surface area (Å²) in [6.45, 7) is 8.01. The van der Waals surface area contributed by atoms with Gasteiger partial charge in [-0.2, -0.15) is 5.10 Å². The normalized spacial score (nSPS) is 33.4. The maximum Gasteiger partial charge on any atom is 0.219 e. The molecule has 2 aliphatic heterocycles. The monoisotopic (exact) mass is 360 g/mol. The molecule has 4 rings (SSSR count). The Kier molecular flexibility index (Phi) is 5.06. The number of fused-ring (bicyclic) bond motifs is 1. The van der Waals surface area contributed by atoms with Crippen LogP contribution in [0.5, 0.6) is 0 Å². The van der Waals surface area contributed by atoms with E-state index in [9.17, 15) is 4.79 Å². The molecule has 144 valence electrons. The molecule has 6 heteroatoms. The number of ether oxygens (including phenoxy) is 1. The lowest BCUT2D eigenvalue weighted by Crippen LogP contribution is -2.45. The first-order chi connectivity index (χ1) is 12.5. The molecule has 3 heterocycles. The zero-order valence-electron chi connectivity index (χ0n) is 16.3. The van der Waals surface area contributed by atoms with Gasteiger partial charge in [0.2, 0.25) is 5.91 Å². The maximum atomic E-state index is 11.6. The Labute approximate surface area is 156 Å².